The third-order valence-electron chi connectivity index (χ3n) is 2.75. The molecule has 88 valence electrons. The average molecular weight is 221 g/mol. The predicted molar refractivity (Wildman–Crippen MR) is 64.2 cm³/mol. The van der Waals surface area contributed by atoms with Gasteiger partial charge in [0.25, 0.3) is 0 Å². The van der Waals surface area contributed by atoms with Crippen molar-refractivity contribution in [3.05, 3.63) is 34.9 Å². The summed E-state index contributed by atoms with van der Waals surface area (Å²) in [7, 11) is 0. The number of benzene rings is 1. The van der Waals surface area contributed by atoms with Crippen LogP contribution in [0.4, 0.5) is 0 Å². The molecule has 0 aromatic heterocycles. The number of carbonyl (C=O) groups excluding carboxylic acids is 1. The number of esters is 1. The zero-order valence-electron chi connectivity index (χ0n) is 10.1. The highest BCUT2D eigenvalue weighted by atomic mass is 16.5. The molecule has 3 heteroatoms. The lowest BCUT2D eigenvalue weighted by atomic mass is 9.98. The maximum absolute atomic E-state index is 11.4. The van der Waals surface area contributed by atoms with Gasteiger partial charge >= 0.3 is 5.97 Å². The molecular weight excluding hydrogens is 202 g/mol. The summed E-state index contributed by atoms with van der Waals surface area (Å²) >= 11 is 0. The lowest BCUT2D eigenvalue weighted by molar-refractivity contribution is -0.144. The van der Waals surface area contributed by atoms with E-state index in [0.29, 0.717) is 13.0 Å². The van der Waals surface area contributed by atoms with E-state index in [1.165, 1.54) is 11.1 Å². The van der Waals surface area contributed by atoms with Crippen LogP contribution >= 0.6 is 0 Å². The Morgan fingerprint density at radius 3 is 2.75 bits per heavy atom. The lowest BCUT2D eigenvalue weighted by Gasteiger charge is -2.13. The number of ether oxygens (including phenoxy) is 1. The molecule has 1 unspecified atom stereocenters. The van der Waals surface area contributed by atoms with Gasteiger partial charge in [-0.3, -0.25) is 4.79 Å². The number of rotatable bonds is 4. The van der Waals surface area contributed by atoms with Crippen molar-refractivity contribution in [2.24, 2.45) is 5.73 Å². The van der Waals surface area contributed by atoms with Crippen molar-refractivity contribution in [3.8, 4) is 0 Å². The van der Waals surface area contributed by atoms with Crippen LogP contribution in [-0.2, 0) is 16.0 Å². The Balaban J connectivity index is 2.73. The molecule has 0 bridgehead atoms. The Hall–Kier alpha value is -1.35. The highest BCUT2D eigenvalue weighted by Crippen LogP contribution is 2.14. The maximum Gasteiger partial charge on any atom is 0.323 e. The monoisotopic (exact) mass is 221 g/mol. The highest BCUT2D eigenvalue weighted by molar-refractivity contribution is 5.75. The largest absolute Gasteiger partial charge is 0.465 e. The fourth-order valence-corrected chi connectivity index (χ4v) is 1.60. The van der Waals surface area contributed by atoms with E-state index in [1.54, 1.807) is 6.92 Å². The molecule has 16 heavy (non-hydrogen) atoms. The zero-order valence-corrected chi connectivity index (χ0v) is 10.1. The molecule has 1 rings (SSSR count). The first-order valence-electron chi connectivity index (χ1n) is 5.53. The predicted octanol–water partition coefficient (Wildman–Crippen LogP) is 1.74. The van der Waals surface area contributed by atoms with Gasteiger partial charge in [0.15, 0.2) is 0 Å². The summed E-state index contributed by atoms with van der Waals surface area (Å²) in [6.45, 7) is 6.25. The molecule has 0 radical (unpaired) electrons. The Labute approximate surface area is 96.6 Å². The first-order valence-corrected chi connectivity index (χ1v) is 5.53. The summed E-state index contributed by atoms with van der Waals surface area (Å²) in [5.41, 5.74) is 9.30. The minimum absolute atomic E-state index is 0.330. The van der Waals surface area contributed by atoms with Crippen molar-refractivity contribution in [1.82, 2.24) is 0 Å². The van der Waals surface area contributed by atoms with E-state index in [9.17, 15) is 4.79 Å². The van der Waals surface area contributed by atoms with Gasteiger partial charge in [-0.15, -0.1) is 0 Å². The summed E-state index contributed by atoms with van der Waals surface area (Å²) < 4.78 is 4.88. The van der Waals surface area contributed by atoms with Crippen molar-refractivity contribution in [1.29, 1.82) is 0 Å². The summed E-state index contributed by atoms with van der Waals surface area (Å²) in [4.78, 5) is 11.4. The van der Waals surface area contributed by atoms with Crippen LogP contribution < -0.4 is 5.73 Å². The molecule has 2 N–H and O–H groups in total. The van der Waals surface area contributed by atoms with Gasteiger partial charge < -0.3 is 10.5 Å². The Bertz CT molecular complexity index is 374. The van der Waals surface area contributed by atoms with Gasteiger partial charge in [0.1, 0.15) is 6.04 Å². The van der Waals surface area contributed by atoms with E-state index in [0.717, 1.165) is 5.56 Å². The van der Waals surface area contributed by atoms with E-state index in [-0.39, 0.29) is 5.97 Å². The van der Waals surface area contributed by atoms with Crippen LogP contribution in [0, 0.1) is 13.8 Å². The van der Waals surface area contributed by atoms with Crippen molar-refractivity contribution in [2.45, 2.75) is 33.2 Å². The van der Waals surface area contributed by atoms with E-state index in [2.05, 4.69) is 13.0 Å². The van der Waals surface area contributed by atoms with Gasteiger partial charge in [-0.25, -0.2) is 0 Å². The summed E-state index contributed by atoms with van der Waals surface area (Å²) in [5, 5.41) is 0. The molecule has 0 aliphatic heterocycles. The van der Waals surface area contributed by atoms with Crippen LogP contribution in [0.5, 0.6) is 0 Å². The van der Waals surface area contributed by atoms with Gasteiger partial charge in [-0.2, -0.15) is 0 Å². The molecule has 0 aliphatic rings. The van der Waals surface area contributed by atoms with Gasteiger partial charge in [-0.05, 0) is 43.9 Å². The average Bonchev–Trinajstić information content (AvgIpc) is 2.25. The minimum atomic E-state index is -0.569. The van der Waals surface area contributed by atoms with Gasteiger partial charge in [-0.1, -0.05) is 18.2 Å². The molecule has 0 saturated carbocycles. The SMILES string of the molecule is CCOC(=O)C(N)Cc1cccc(C)c1C. The topological polar surface area (TPSA) is 52.3 Å². The van der Waals surface area contributed by atoms with Crippen LogP contribution in [0.3, 0.4) is 0 Å². The second-order valence-corrected chi connectivity index (χ2v) is 3.92. The summed E-state index contributed by atoms with van der Waals surface area (Å²) in [6.07, 6.45) is 0.534. The van der Waals surface area contributed by atoms with Crippen molar-refractivity contribution in [2.75, 3.05) is 6.61 Å². The Morgan fingerprint density at radius 1 is 1.44 bits per heavy atom. The van der Waals surface area contributed by atoms with Crippen molar-refractivity contribution < 1.29 is 9.53 Å². The van der Waals surface area contributed by atoms with Gasteiger partial charge in [0.05, 0.1) is 6.61 Å². The van der Waals surface area contributed by atoms with E-state index >= 15 is 0 Å². The molecule has 0 fully saturated rings. The Kier molecular flexibility index (Phi) is 4.50. The third kappa shape index (κ3) is 3.07. The fraction of sp³-hybridized carbons (Fsp3) is 0.462. The van der Waals surface area contributed by atoms with E-state index in [1.807, 2.05) is 19.1 Å². The summed E-state index contributed by atoms with van der Waals surface area (Å²) in [5.74, 6) is -0.330. The number of aryl methyl sites for hydroxylation is 1. The molecule has 0 saturated heterocycles. The van der Waals surface area contributed by atoms with Crippen LogP contribution in [0.25, 0.3) is 0 Å². The molecule has 0 spiro atoms. The van der Waals surface area contributed by atoms with Crippen LogP contribution in [0.2, 0.25) is 0 Å². The molecule has 0 aliphatic carbocycles. The van der Waals surface area contributed by atoms with Crippen molar-refractivity contribution >= 4 is 5.97 Å². The molecule has 0 heterocycles. The van der Waals surface area contributed by atoms with Crippen LogP contribution in [-0.4, -0.2) is 18.6 Å². The summed E-state index contributed by atoms with van der Waals surface area (Å²) in [6, 6.07) is 5.46. The Morgan fingerprint density at radius 2 is 2.12 bits per heavy atom. The van der Waals surface area contributed by atoms with E-state index in [4.69, 9.17) is 10.5 Å². The molecule has 1 aromatic rings. The second kappa shape index (κ2) is 5.66. The minimum Gasteiger partial charge on any atom is -0.465 e. The van der Waals surface area contributed by atoms with Crippen molar-refractivity contribution in [3.63, 3.8) is 0 Å². The maximum atomic E-state index is 11.4. The number of carbonyl (C=O) groups is 1. The first-order chi connectivity index (χ1) is 7.56. The van der Waals surface area contributed by atoms with Crippen LogP contribution in [0.1, 0.15) is 23.6 Å². The first kappa shape index (κ1) is 12.7. The lowest BCUT2D eigenvalue weighted by Crippen LogP contribution is -2.34. The number of hydrogen-bond acceptors (Lipinski definition) is 3. The number of nitrogens with two attached hydrogens (primary N) is 1. The standard InChI is InChI=1S/C13H19NO2/c1-4-16-13(15)12(14)8-11-7-5-6-9(2)10(11)3/h5-7,12H,4,8,14H2,1-3H3. The molecular formula is C13H19NO2. The number of hydrogen-bond donors (Lipinski definition) is 1. The third-order valence-corrected chi connectivity index (χ3v) is 2.75. The quantitative estimate of drug-likeness (QED) is 0.788. The smallest absolute Gasteiger partial charge is 0.323 e. The second-order valence-electron chi connectivity index (χ2n) is 3.92. The molecule has 1 aromatic carbocycles. The normalized spacial score (nSPS) is 12.2. The fourth-order valence-electron chi connectivity index (χ4n) is 1.60. The van der Waals surface area contributed by atoms with Gasteiger partial charge in [0, 0.05) is 0 Å². The highest BCUT2D eigenvalue weighted by Gasteiger charge is 2.16. The van der Waals surface area contributed by atoms with E-state index < -0.39 is 6.04 Å². The molecule has 1 atom stereocenters. The van der Waals surface area contributed by atoms with Crippen LogP contribution in [0.15, 0.2) is 18.2 Å². The van der Waals surface area contributed by atoms with Gasteiger partial charge in [0.2, 0.25) is 0 Å². The molecule has 3 nitrogen and oxygen atoms in total. The molecule has 0 amide bonds. The zero-order chi connectivity index (χ0) is 12.1.